The second kappa shape index (κ2) is 8.41. The van der Waals surface area contributed by atoms with Gasteiger partial charge in [-0.05, 0) is 18.2 Å². The quantitative estimate of drug-likeness (QED) is 0.611. The molecule has 1 aliphatic heterocycles. The molecule has 0 radical (unpaired) electrons. The van der Waals surface area contributed by atoms with E-state index >= 15 is 0 Å². The molecule has 27 heavy (non-hydrogen) atoms. The predicted octanol–water partition coefficient (Wildman–Crippen LogP) is 4.01. The van der Waals surface area contributed by atoms with Gasteiger partial charge in [-0.15, -0.1) is 10.2 Å². The highest BCUT2D eigenvalue weighted by molar-refractivity contribution is 8.01. The molecule has 0 aliphatic carbocycles. The summed E-state index contributed by atoms with van der Waals surface area (Å²) in [6.45, 7) is 0.611. The van der Waals surface area contributed by atoms with Crippen molar-refractivity contribution in [1.82, 2.24) is 15.5 Å². The number of carbonyl (C=O) groups excluding carboxylic acids is 1. The van der Waals surface area contributed by atoms with Crippen molar-refractivity contribution in [2.24, 2.45) is 0 Å². The van der Waals surface area contributed by atoms with Gasteiger partial charge in [0.1, 0.15) is 5.75 Å². The van der Waals surface area contributed by atoms with Crippen molar-refractivity contribution in [2.75, 3.05) is 17.7 Å². The van der Waals surface area contributed by atoms with Gasteiger partial charge in [0.05, 0.1) is 18.4 Å². The summed E-state index contributed by atoms with van der Waals surface area (Å²) in [6, 6.07) is 17.6. The number of nitrogens with zero attached hydrogens (tertiary/aromatic N) is 2. The van der Waals surface area contributed by atoms with Crippen molar-refractivity contribution in [1.29, 1.82) is 0 Å². The summed E-state index contributed by atoms with van der Waals surface area (Å²) in [5, 5.41) is 15.3. The van der Waals surface area contributed by atoms with Crippen molar-refractivity contribution in [3.63, 3.8) is 0 Å². The second-order valence-corrected chi connectivity index (χ2v) is 8.15. The normalized spacial score (nSPS) is 15.5. The van der Waals surface area contributed by atoms with Gasteiger partial charge in [0.15, 0.2) is 4.34 Å². The van der Waals surface area contributed by atoms with Gasteiger partial charge in [-0.1, -0.05) is 59.5 Å². The summed E-state index contributed by atoms with van der Waals surface area (Å²) < 4.78 is 6.40. The average molecular weight is 399 g/mol. The molecule has 2 heterocycles. The lowest BCUT2D eigenvalue weighted by atomic mass is 10.0. The van der Waals surface area contributed by atoms with Crippen LogP contribution in [0.25, 0.3) is 0 Å². The van der Waals surface area contributed by atoms with Crippen LogP contribution in [-0.2, 0) is 4.79 Å². The Balaban J connectivity index is 1.30. The molecule has 4 rings (SSSR count). The molecule has 1 amide bonds. The van der Waals surface area contributed by atoms with Gasteiger partial charge in [0.2, 0.25) is 11.0 Å². The van der Waals surface area contributed by atoms with Crippen LogP contribution in [0.15, 0.2) is 58.9 Å². The zero-order valence-electron chi connectivity index (χ0n) is 14.4. The van der Waals surface area contributed by atoms with E-state index in [1.807, 2.05) is 54.6 Å². The Labute approximate surface area is 165 Å². The van der Waals surface area contributed by atoms with Gasteiger partial charge >= 0.3 is 0 Å². The van der Waals surface area contributed by atoms with E-state index < -0.39 is 0 Å². The number of amides is 1. The molecule has 0 bridgehead atoms. The summed E-state index contributed by atoms with van der Waals surface area (Å²) >= 11 is 2.83. The summed E-state index contributed by atoms with van der Waals surface area (Å²) in [6.07, 6.45) is 0.775. The molecule has 0 fully saturated rings. The highest BCUT2D eigenvalue weighted by Gasteiger charge is 2.22. The van der Waals surface area contributed by atoms with Gasteiger partial charge in [-0.2, -0.15) is 0 Å². The van der Waals surface area contributed by atoms with E-state index in [0.717, 1.165) is 27.8 Å². The number of hydrogen-bond donors (Lipinski definition) is 2. The van der Waals surface area contributed by atoms with Crippen LogP contribution in [0.5, 0.6) is 5.75 Å². The topological polar surface area (TPSA) is 76.1 Å². The van der Waals surface area contributed by atoms with Crippen LogP contribution in [0.2, 0.25) is 0 Å². The zero-order valence-corrected chi connectivity index (χ0v) is 16.1. The van der Waals surface area contributed by atoms with Gasteiger partial charge in [0, 0.05) is 17.7 Å². The molecule has 1 aliphatic rings. The third-order valence-corrected chi connectivity index (χ3v) is 6.02. The molecule has 1 atom stereocenters. The lowest BCUT2D eigenvalue weighted by molar-refractivity contribution is -0.119. The Morgan fingerprint density at radius 1 is 1.15 bits per heavy atom. The van der Waals surface area contributed by atoms with Crippen LogP contribution in [0.4, 0.5) is 10.8 Å². The third kappa shape index (κ3) is 4.58. The predicted molar refractivity (Wildman–Crippen MR) is 108 cm³/mol. The van der Waals surface area contributed by atoms with E-state index in [4.69, 9.17) is 4.74 Å². The minimum Gasteiger partial charge on any atom is -0.493 e. The van der Waals surface area contributed by atoms with Crippen molar-refractivity contribution in [3.8, 4) is 5.75 Å². The molecule has 0 unspecified atom stereocenters. The van der Waals surface area contributed by atoms with Crippen LogP contribution in [0, 0.1) is 0 Å². The smallest absolute Gasteiger partial charge is 0.230 e. The minimum absolute atomic E-state index is 0.00669. The highest BCUT2D eigenvalue weighted by Crippen LogP contribution is 2.32. The molecule has 2 N–H and O–H groups in total. The molecule has 3 aromatic rings. The molecular weight excluding hydrogens is 380 g/mol. The number of nitrogens with one attached hydrogen (secondary N) is 2. The summed E-state index contributed by atoms with van der Waals surface area (Å²) in [5.74, 6) is 1.14. The number of anilines is 2. The van der Waals surface area contributed by atoms with E-state index in [0.29, 0.717) is 17.5 Å². The standard InChI is InChI=1S/C19H18N4O2S2/c24-17(21-15-10-11-25-16-9-5-4-8-14(15)16)12-26-19-23-22-18(27-19)20-13-6-2-1-3-7-13/h1-9,15H,10-12H2,(H,20,22)(H,21,24)/t15-/m0/s1. The zero-order chi connectivity index (χ0) is 18.5. The second-order valence-electron chi connectivity index (χ2n) is 5.95. The number of carbonyl (C=O) groups is 1. The Morgan fingerprint density at radius 3 is 2.85 bits per heavy atom. The van der Waals surface area contributed by atoms with E-state index in [1.54, 1.807) is 0 Å². The maximum atomic E-state index is 12.4. The van der Waals surface area contributed by atoms with Crippen molar-refractivity contribution < 1.29 is 9.53 Å². The van der Waals surface area contributed by atoms with Crippen LogP contribution in [0.3, 0.4) is 0 Å². The van der Waals surface area contributed by atoms with Crippen molar-refractivity contribution in [2.45, 2.75) is 16.8 Å². The van der Waals surface area contributed by atoms with E-state index in [1.165, 1.54) is 23.1 Å². The number of ether oxygens (including phenoxy) is 1. The first-order valence-electron chi connectivity index (χ1n) is 8.57. The highest BCUT2D eigenvalue weighted by atomic mass is 32.2. The van der Waals surface area contributed by atoms with Crippen LogP contribution >= 0.6 is 23.1 Å². The largest absolute Gasteiger partial charge is 0.493 e. The average Bonchev–Trinajstić information content (AvgIpc) is 3.15. The van der Waals surface area contributed by atoms with Crippen LogP contribution in [-0.4, -0.2) is 28.5 Å². The summed E-state index contributed by atoms with van der Waals surface area (Å²) in [4.78, 5) is 12.4. The molecule has 6 nitrogen and oxygen atoms in total. The molecular formula is C19H18N4O2S2. The van der Waals surface area contributed by atoms with Gasteiger partial charge in [-0.3, -0.25) is 4.79 Å². The van der Waals surface area contributed by atoms with Gasteiger partial charge in [0.25, 0.3) is 0 Å². The van der Waals surface area contributed by atoms with E-state index in [9.17, 15) is 4.79 Å². The maximum Gasteiger partial charge on any atom is 0.230 e. The molecule has 8 heteroatoms. The number of hydrogen-bond acceptors (Lipinski definition) is 7. The van der Waals surface area contributed by atoms with E-state index in [-0.39, 0.29) is 11.9 Å². The molecule has 0 spiro atoms. The lowest BCUT2D eigenvalue weighted by Crippen LogP contribution is -2.33. The van der Waals surface area contributed by atoms with Crippen molar-refractivity contribution in [3.05, 3.63) is 60.2 Å². The lowest BCUT2D eigenvalue weighted by Gasteiger charge is -2.26. The van der Waals surface area contributed by atoms with Crippen LogP contribution < -0.4 is 15.4 Å². The number of rotatable bonds is 6. The Morgan fingerprint density at radius 2 is 1.96 bits per heavy atom. The molecule has 138 valence electrons. The SMILES string of the molecule is O=C(CSc1nnc(Nc2ccccc2)s1)N[C@H]1CCOc2ccccc21. The number of thioether (sulfide) groups is 1. The fourth-order valence-electron chi connectivity index (χ4n) is 2.82. The van der Waals surface area contributed by atoms with Gasteiger partial charge in [-0.25, -0.2) is 0 Å². The molecule has 2 aromatic carbocycles. The van der Waals surface area contributed by atoms with Crippen LogP contribution in [0.1, 0.15) is 18.0 Å². The number of fused-ring (bicyclic) bond motifs is 1. The monoisotopic (exact) mass is 398 g/mol. The first-order chi connectivity index (χ1) is 13.3. The molecule has 1 aromatic heterocycles. The first-order valence-corrected chi connectivity index (χ1v) is 10.4. The van der Waals surface area contributed by atoms with Crippen molar-refractivity contribution >= 4 is 39.8 Å². The third-order valence-electron chi connectivity index (χ3n) is 4.05. The summed E-state index contributed by atoms with van der Waals surface area (Å²) in [5.41, 5.74) is 1.99. The molecule has 0 saturated heterocycles. The first kappa shape index (κ1) is 17.8. The Kier molecular flexibility index (Phi) is 5.55. The fraction of sp³-hybridized carbons (Fsp3) is 0.211. The Bertz CT molecular complexity index is 917. The maximum absolute atomic E-state index is 12.4. The number of para-hydroxylation sites is 2. The number of aromatic nitrogens is 2. The van der Waals surface area contributed by atoms with Gasteiger partial charge < -0.3 is 15.4 Å². The van der Waals surface area contributed by atoms with E-state index in [2.05, 4.69) is 20.8 Å². The summed E-state index contributed by atoms with van der Waals surface area (Å²) in [7, 11) is 0. The molecule has 0 saturated carbocycles. The fourth-order valence-corrected chi connectivity index (χ4v) is 4.40. The Hall–Kier alpha value is -2.58. The minimum atomic E-state index is -0.0190. The number of benzene rings is 2.